The minimum atomic E-state index is -0.872. The van der Waals surface area contributed by atoms with Crippen LogP contribution >= 0.6 is 0 Å². The van der Waals surface area contributed by atoms with Gasteiger partial charge in [0.15, 0.2) is 0 Å². The molecule has 96 valence electrons. The summed E-state index contributed by atoms with van der Waals surface area (Å²) < 4.78 is 2.07. The van der Waals surface area contributed by atoms with Crippen molar-refractivity contribution in [3.05, 3.63) is 35.5 Å². The Hall–Kier alpha value is -1.81. The molecule has 0 bridgehead atoms. The first kappa shape index (κ1) is 12.6. The van der Waals surface area contributed by atoms with Crippen molar-refractivity contribution in [1.82, 2.24) is 9.88 Å². The Labute approximate surface area is 106 Å². The van der Waals surface area contributed by atoms with E-state index in [9.17, 15) is 9.90 Å². The highest BCUT2D eigenvalue weighted by Gasteiger charge is 2.14. The predicted octanol–water partition coefficient (Wildman–Crippen LogP) is 2.47. The van der Waals surface area contributed by atoms with Gasteiger partial charge in [0.05, 0.1) is 11.1 Å². The quantitative estimate of drug-likeness (QED) is 0.852. The van der Waals surface area contributed by atoms with Gasteiger partial charge in [-0.05, 0) is 25.6 Å². The summed E-state index contributed by atoms with van der Waals surface area (Å²) in [6.07, 6.45) is 0. The normalized spacial score (nSPS) is 11.0. The molecule has 0 saturated heterocycles. The van der Waals surface area contributed by atoms with Crippen LogP contribution in [-0.4, -0.2) is 22.2 Å². The van der Waals surface area contributed by atoms with E-state index in [2.05, 4.69) is 22.9 Å². The largest absolute Gasteiger partial charge is 0.478 e. The predicted molar refractivity (Wildman–Crippen MR) is 72.0 cm³/mol. The van der Waals surface area contributed by atoms with Crippen LogP contribution in [0.25, 0.3) is 10.9 Å². The number of hydrogen-bond acceptors (Lipinski definition) is 2. The molecular formula is C14H18N2O2. The van der Waals surface area contributed by atoms with Gasteiger partial charge >= 0.3 is 5.97 Å². The van der Waals surface area contributed by atoms with Crippen LogP contribution in [0, 0.1) is 0 Å². The number of aromatic carboxylic acids is 1. The summed E-state index contributed by atoms with van der Waals surface area (Å²) in [7, 11) is 0. The molecule has 4 heteroatoms. The van der Waals surface area contributed by atoms with Gasteiger partial charge in [0.1, 0.15) is 0 Å². The number of rotatable bonds is 5. The maximum absolute atomic E-state index is 11.3. The Bertz CT molecular complexity index is 572. The maximum Gasteiger partial charge on any atom is 0.337 e. The summed E-state index contributed by atoms with van der Waals surface area (Å²) in [6, 6.07) is 7.48. The molecule has 1 aromatic carbocycles. The fraction of sp³-hybridized carbons (Fsp3) is 0.357. The van der Waals surface area contributed by atoms with Gasteiger partial charge in [-0.15, -0.1) is 0 Å². The van der Waals surface area contributed by atoms with Gasteiger partial charge in [0, 0.05) is 24.2 Å². The van der Waals surface area contributed by atoms with E-state index in [1.54, 1.807) is 12.1 Å². The highest BCUT2D eigenvalue weighted by Crippen LogP contribution is 2.23. The van der Waals surface area contributed by atoms with Crippen LogP contribution in [0.4, 0.5) is 0 Å². The third-order valence-electron chi connectivity index (χ3n) is 3.11. The molecule has 0 unspecified atom stereocenters. The molecule has 0 aliphatic heterocycles. The number of fused-ring (bicyclic) bond motifs is 1. The summed E-state index contributed by atoms with van der Waals surface area (Å²) in [6.45, 7) is 6.53. The number of benzene rings is 1. The second-order valence-corrected chi connectivity index (χ2v) is 4.21. The molecule has 0 fully saturated rings. The SMILES string of the molecule is CCNCc1cc2cccc(C(=O)O)c2n1CC. The minimum absolute atomic E-state index is 0.372. The highest BCUT2D eigenvalue weighted by atomic mass is 16.4. The molecule has 1 aromatic heterocycles. The zero-order chi connectivity index (χ0) is 13.1. The van der Waals surface area contributed by atoms with Crippen molar-refractivity contribution in [3.8, 4) is 0 Å². The fourth-order valence-corrected chi connectivity index (χ4v) is 2.31. The van der Waals surface area contributed by atoms with Gasteiger partial charge in [0.2, 0.25) is 0 Å². The monoisotopic (exact) mass is 246 g/mol. The van der Waals surface area contributed by atoms with Crippen molar-refractivity contribution in [3.63, 3.8) is 0 Å². The lowest BCUT2D eigenvalue weighted by Crippen LogP contribution is -2.15. The van der Waals surface area contributed by atoms with E-state index in [1.807, 2.05) is 13.0 Å². The first-order valence-electron chi connectivity index (χ1n) is 6.24. The van der Waals surface area contributed by atoms with E-state index in [-0.39, 0.29) is 0 Å². The summed E-state index contributed by atoms with van der Waals surface area (Å²) in [5.41, 5.74) is 2.32. The molecule has 0 aliphatic carbocycles. The Morgan fingerprint density at radius 1 is 1.39 bits per heavy atom. The van der Waals surface area contributed by atoms with Crippen molar-refractivity contribution in [2.24, 2.45) is 0 Å². The van der Waals surface area contributed by atoms with Gasteiger partial charge in [-0.25, -0.2) is 4.79 Å². The van der Waals surface area contributed by atoms with E-state index in [0.29, 0.717) is 5.56 Å². The number of aromatic nitrogens is 1. The molecule has 0 radical (unpaired) electrons. The van der Waals surface area contributed by atoms with Crippen LogP contribution in [-0.2, 0) is 13.1 Å². The third-order valence-corrected chi connectivity index (χ3v) is 3.11. The third kappa shape index (κ3) is 2.11. The van der Waals surface area contributed by atoms with Gasteiger partial charge in [-0.2, -0.15) is 0 Å². The lowest BCUT2D eigenvalue weighted by Gasteiger charge is -2.09. The lowest BCUT2D eigenvalue weighted by molar-refractivity contribution is 0.0698. The first-order valence-corrected chi connectivity index (χ1v) is 6.24. The summed E-state index contributed by atoms with van der Waals surface area (Å²) in [5, 5.41) is 13.5. The van der Waals surface area contributed by atoms with E-state index >= 15 is 0 Å². The summed E-state index contributed by atoms with van der Waals surface area (Å²) >= 11 is 0. The van der Waals surface area contributed by atoms with Gasteiger partial charge < -0.3 is 15.0 Å². The van der Waals surface area contributed by atoms with E-state index in [0.717, 1.165) is 36.2 Å². The molecule has 0 saturated carbocycles. The number of para-hydroxylation sites is 1. The molecule has 0 aliphatic rings. The van der Waals surface area contributed by atoms with Crippen LogP contribution in [0.5, 0.6) is 0 Å². The van der Waals surface area contributed by atoms with Crippen LogP contribution in [0.3, 0.4) is 0 Å². The Balaban J connectivity index is 2.62. The van der Waals surface area contributed by atoms with Gasteiger partial charge in [0.25, 0.3) is 0 Å². The zero-order valence-corrected chi connectivity index (χ0v) is 10.7. The van der Waals surface area contributed by atoms with Crippen LogP contribution in [0.2, 0.25) is 0 Å². The van der Waals surface area contributed by atoms with E-state index < -0.39 is 5.97 Å². The van der Waals surface area contributed by atoms with E-state index in [4.69, 9.17) is 0 Å². The number of hydrogen-bond donors (Lipinski definition) is 2. The molecule has 0 amide bonds. The Morgan fingerprint density at radius 2 is 2.17 bits per heavy atom. The van der Waals surface area contributed by atoms with Crippen LogP contribution in [0.15, 0.2) is 24.3 Å². The number of carbonyl (C=O) groups is 1. The number of nitrogens with zero attached hydrogens (tertiary/aromatic N) is 1. The second kappa shape index (κ2) is 5.23. The molecule has 4 nitrogen and oxygen atoms in total. The Kier molecular flexibility index (Phi) is 3.67. The standard InChI is InChI=1S/C14H18N2O2/c1-3-15-9-11-8-10-6-5-7-12(14(17)18)13(10)16(11)4-2/h5-8,15H,3-4,9H2,1-2H3,(H,17,18). The lowest BCUT2D eigenvalue weighted by atomic mass is 10.1. The molecule has 1 heterocycles. The highest BCUT2D eigenvalue weighted by molar-refractivity contribution is 6.02. The van der Waals surface area contributed by atoms with Gasteiger partial charge in [-0.1, -0.05) is 19.1 Å². The van der Waals surface area contributed by atoms with Crippen molar-refractivity contribution < 1.29 is 9.90 Å². The van der Waals surface area contributed by atoms with E-state index in [1.165, 1.54) is 0 Å². The van der Waals surface area contributed by atoms with Crippen molar-refractivity contribution >= 4 is 16.9 Å². The number of aryl methyl sites for hydroxylation is 1. The van der Waals surface area contributed by atoms with Crippen molar-refractivity contribution in [2.45, 2.75) is 26.9 Å². The van der Waals surface area contributed by atoms with Crippen molar-refractivity contribution in [2.75, 3.05) is 6.54 Å². The maximum atomic E-state index is 11.3. The summed E-state index contributed by atoms with van der Waals surface area (Å²) in [5.74, 6) is -0.872. The molecule has 18 heavy (non-hydrogen) atoms. The molecule has 2 aromatic rings. The molecular weight excluding hydrogens is 228 g/mol. The average Bonchev–Trinajstić information content (AvgIpc) is 2.73. The molecule has 0 spiro atoms. The fourth-order valence-electron chi connectivity index (χ4n) is 2.31. The van der Waals surface area contributed by atoms with Crippen LogP contribution < -0.4 is 5.32 Å². The number of carboxylic acids is 1. The minimum Gasteiger partial charge on any atom is -0.478 e. The smallest absolute Gasteiger partial charge is 0.337 e. The second-order valence-electron chi connectivity index (χ2n) is 4.21. The number of nitrogens with one attached hydrogen (secondary N) is 1. The van der Waals surface area contributed by atoms with Crippen molar-refractivity contribution in [1.29, 1.82) is 0 Å². The Morgan fingerprint density at radius 3 is 2.78 bits per heavy atom. The zero-order valence-electron chi connectivity index (χ0n) is 10.7. The topological polar surface area (TPSA) is 54.3 Å². The van der Waals surface area contributed by atoms with Crippen LogP contribution in [0.1, 0.15) is 29.9 Å². The van der Waals surface area contributed by atoms with Gasteiger partial charge in [-0.3, -0.25) is 0 Å². The average molecular weight is 246 g/mol. The molecule has 2 N–H and O–H groups in total. The molecule has 0 atom stereocenters. The molecule has 2 rings (SSSR count). The number of carboxylic acid groups (broad SMARTS) is 1. The summed E-state index contributed by atoms with van der Waals surface area (Å²) in [4.78, 5) is 11.3. The first-order chi connectivity index (χ1) is 8.69.